The van der Waals surface area contributed by atoms with E-state index in [0.29, 0.717) is 0 Å². The van der Waals surface area contributed by atoms with Gasteiger partial charge in [0.05, 0.1) is 0 Å². The van der Waals surface area contributed by atoms with E-state index >= 15 is 0 Å². The van der Waals surface area contributed by atoms with Crippen LogP contribution in [0.15, 0.2) is 44.3 Å². The molecule has 0 aliphatic heterocycles. The Kier molecular flexibility index (Phi) is 7.23. The predicted octanol–water partition coefficient (Wildman–Crippen LogP) is -0.722. The van der Waals surface area contributed by atoms with Gasteiger partial charge in [-0.05, 0) is 0 Å². The van der Waals surface area contributed by atoms with Gasteiger partial charge in [-0.3, -0.25) is 0 Å². The molecule has 4 atom stereocenters. The molecule has 3 aliphatic rings. The molecular weight excluding hydrogens is 378 g/mol. The largest absolute Gasteiger partial charge is 1.00 e. The van der Waals surface area contributed by atoms with E-state index in [9.17, 15) is 0 Å². The summed E-state index contributed by atoms with van der Waals surface area (Å²) in [6.07, 6.45) is 12.4. The Morgan fingerprint density at radius 3 is 2.24 bits per heavy atom. The van der Waals surface area contributed by atoms with Crippen molar-refractivity contribution in [2.45, 2.75) is 44.2 Å². The summed E-state index contributed by atoms with van der Waals surface area (Å²) in [6, 6.07) is 0. The van der Waals surface area contributed by atoms with Gasteiger partial charge in [0.25, 0.3) is 0 Å². The number of hydrogen-bond acceptors (Lipinski definition) is 0. The van der Waals surface area contributed by atoms with Crippen LogP contribution >= 0.6 is 0 Å². The maximum atomic E-state index is 2.51. The first-order chi connectivity index (χ1) is 9.09. The van der Waals surface area contributed by atoms with Crippen LogP contribution in [0.25, 0.3) is 0 Å². The second-order valence-corrected chi connectivity index (χ2v) is 10.3. The summed E-state index contributed by atoms with van der Waals surface area (Å²) in [5.41, 5.74) is 4.90. The van der Waals surface area contributed by atoms with E-state index < -0.39 is 23.2 Å². The molecular formula is C18H24Cl2Zr. The minimum atomic E-state index is -0.427. The van der Waals surface area contributed by atoms with E-state index in [1.165, 1.54) is 12.8 Å². The van der Waals surface area contributed by atoms with Gasteiger partial charge in [-0.1, -0.05) is 0 Å². The molecule has 114 valence electrons. The van der Waals surface area contributed by atoms with E-state index in [4.69, 9.17) is 0 Å². The summed E-state index contributed by atoms with van der Waals surface area (Å²) in [4.78, 5) is 0. The van der Waals surface area contributed by atoms with Crippen LogP contribution < -0.4 is 24.8 Å². The van der Waals surface area contributed by atoms with Crippen LogP contribution in [0.5, 0.6) is 0 Å². The quantitative estimate of drug-likeness (QED) is 0.572. The molecule has 0 heterocycles. The average Bonchev–Trinajstić information content (AvgIpc) is 2.91. The molecule has 3 rings (SSSR count). The topological polar surface area (TPSA) is 0 Å². The molecule has 0 radical (unpaired) electrons. The van der Waals surface area contributed by atoms with Crippen LogP contribution in [-0.4, -0.2) is 0 Å². The Balaban J connectivity index is 0.00000110. The summed E-state index contributed by atoms with van der Waals surface area (Å²) < 4.78 is 2.94. The molecule has 4 unspecified atom stereocenters. The predicted molar refractivity (Wildman–Crippen MR) is 78.5 cm³/mol. The molecule has 0 N–H and O–H groups in total. The van der Waals surface area contributed by atoms with E-state index in [2.05, 4.69) is 52.0 Å². The van der Waals surface area contributed by atoms with Crippen LogP contribution in [0.2, 0.25) is 3.63 Å². The van der Waals surface area contributed by atoms with Crippen molar-refractivity contribution >= 4 is 0 Å². The van der Waals surface area contributed by atoms with Crippen molar-refractivity contribution in [3.63, 3.8) is 0 Å². The fourth-order valence-corrected chi connectivity index (χ4v) is 9.16. The zero-order valence-electron chi connectivity index (χ0n) is 13.3. The maximum absolute atomic E-state index is 2.51. The monoisotopic (exact) mass is 400 g/mol. The average molecular weight is 403 g/mol. The summed E-state index contributed by atoms with van der Waals surface area (Å²) >= 11 is -0.427. The van der Waals surface area contributed by atoms with Crippen LogP contribution in [0.3, 0.4) is 0 Å². The fourth-order valence-electron chi connectivity index (χ4n) is 3.92. The molecule has 0 aromatic rings. The summed E-state index contributed by atoms with van der Waals surface area (Å²) in [6.45, 7) is 9.49. The van der Waals surface area contributed by atoms with Crippen LogP contribution in [0.1, 0.15) is 40.5 Å². The Morgan fingerprint density at radius 1 is 0.952 bits per heavy atom. The molecule has 0 aromatic carbocycles. The first-order valence-electron chi connectivity index (χ1n) is 7.59. The summed E-state index contributed by atoms with van der Waals surface area (Å²) in [7, 11) is 0. The Morgan fingerprint density at radius 2 is 1.62 bits per heavy atom. The van der Waals surface area contributed by atoms with Gasteiger partial charge in [0.2, 0.25) is 0 Å². The van der Waals surface area contributed by atoms with E-state index in [0.717, 1.165) is 21.4 Å². The normalized spacial score (nSPS) is 33.5. The first-order valence-corrected chi connectivity index (χ1v) is 10.2. The molecule has 0 aromatic heterocycles. The van der Waals surface area contributed by atoms with Crippen LogP contribution in [0.4, 0.5) is 0 Å². The fraction of sp³-hybridized carbons (Fsp3) is 0.556. The third-order valence-corrected chi connectivity index (χ3v) is 10.9. The van der Waals surface area contributed by atoms with E-state index in [1.807, 2.05) is 3.28 Å². The molecule has 0 nitrogen and oxygen atoms in total. The number of hydrogen-bond donors (Lipinski definition) is 0. The number of fused-ring (bicyclic) bond motifs is 1. The molecule has 0 spiro atoms. The third-order valence-electron chi connectivity index (χ3n) is 5.55. The molecule has 1 saturated carbocycles. The smallest absolute Gasteiger partial charge is 1.00 e. The number of rotatable bonds is 2. The van der Waals surface area contributed by atoms with Gasteiger partial charge in [0.15, 0.2) is 0 Å². The Labute approximate surface area is 153 Å². The van der Waals surface area contributed by atoms with Crippen LogP contribution in [-0.2, 0) is 23.2 Å². The van der Waals surface area contributed by atoms with Crippen LogP contribution in [0, 0.1) is 17.8 Å². The van der Waals surface area contributed by atoms with Crippen molar-refractivity contribution in [3.05, 3.63) is 44.3 Å². The van der Waals surface area contributed by atoms with Gasteiger partial charge in [0, 0.05) is 0 Å². The molecule has 1 fully saturated rings. The van der Waals surface area contributed by atoms with Crippen molar-refractivity contribution in [2.24, 2.45) is 17.8 Å². The van der Waals surface area contributed by atoms with Gasteiger partial charge >= 0.3 is 129 Å². The SMILES string of the molecule is CC1=C(C)C(C)[C]([Zr+2][CH]2CCC3C=CC=CC32)=C1C.[Cl-].[Cl-]. The van der Waals surface area contributed by atoms with Gasteiger partial charge in [-0.25, -0.2) is 0 Å². The standard InChI is InChI=1S/C9H11.C9H13.2ClH.Zr/c1-2-5-9-7-3-6-8(9)4-1;1-6-5-7(2)9(4)8(6)3;;;/h1-2,4-6,8-9H,3,7H2;6H,1-4H3;2*1H;/q;;;;+2/p-2. The van der Waals surface area contributed by atoms with Gasteiger partial charge in [-0.2, -0.15) is 0 Å². The Hall–Kier alpha value is 0.423. The minimum absolute atomic E-state index is 0. The maximum Gasteiger partial charge on any atom is -1.00 e. The molecule has 3 heteroatoms. The minimum Gasteiger partial charge on any atom is -1.00 e. The van der Waals surface area contributed by atoms with Gasteiger partial charge in [0.1, 0.15) is 0 Å². The Bertz CT molecular complexity index is 513. The van der Waals surface area contributed by atoms with Gasteiger partial charge in [-0.15, -0.1) is 0 Å². The molecule has 0 bridgehead atoms. The summed E-state index contributed by atoms with van der Waals surface area (Å²) in [5, 5.41) is 0. The molecule has 3 aliphatic carbocycles. The third kappa shape index (κ3) is 3.51. The zero-order valence-corrected chi connectivity index (χ0v) is 17.3. The van der Waals surface area contributed by atoms with Crippen molar-refractivity contribution < 1.29 is 48.0 Å². The first kappa shape index (κ1) is 19.5. The zero-order chi connectivity index (χ0) is 13.6. The van der Waals surface area contributed by atoms with E-state index in [1.54, 1.807) is 16.7 Å². The van der Waals surface area contributed by atoms with Crippen molar-refractivity contribution in [1.82, 2.24) is 0 Å². The second kappa shape index (κ2) is 7.80. The molecule has 0 amide bonds. The second-order valence-electron chi connectivity index (χ2n) is 6.41. The number of allylic oxidation sites excluding steroid dienone is 8. The van der Waals surface area contributed by atoms with Gasteiger partial charge < -0.3 is 24.8 Å². The molecule has 21 heavy (non-hydrogen) atoms. The van der Waals surface area contributed by atoms with E-state index in [-0.39, 0.29) is 24.8 Å². The summed E-state index contributed by atoms with van der Waals surface area (Å²) in [5.74, 6) is 2.50. The van der Waals surface area contributed by atoms with Crippen molar-refractivity contribution in [2.75, 3.05) is 0 Å². The van der Waals surface area contributed by atoms with Crippen molar-refractivity contribution in [3.8, 4) is 0 Å². The number of halogens is 2. The molecule has 0 saturated heterocycles. The van der Waals surface area contributed by atoms with Crippen molar-refractivity contribution in [1.29, 1.82) is 0 Å².